The van der Waals surface area contributed by atoms with Crippen LogP contribution in [0.15, 0.2) is 24.3 Å². The summed E-state index contributed by atoms with van der Waals surface area (Å²) in [6, 6.07) is 6.50. The fourth-order valence-electron chi connectivity index (χ4n) is 1.59. The van der Waals surface area contributed by atoms with Gasteiger partial charge < -0.3 is 15.2 Å². The summed E-state index contributed by atoms with van der Waals surface area (Å²) in [6.07, 6.45) is 1.48. The molecular formula is C15H24FNO2S. The summed E-state index contributed by atoms with van der Waals surface area (Å²) in [5.74, 6) is -0.276. The maximum absolute atomic E-state index is 13.3. The smallest absolute Gasteiger partial charge is 0.128 e. The molecule has 20 heavy (non-hydrogen) atoms. The van der Waals surface area contributed by atoms with Gasteiger partial charge in [0, 0.05) is 23.4 Å². The van der Waals surface area contributed by atoms with Gasteiger partial charge in [0.05, 0.1) is 19.3 Å². The molecule has 0 fully saturated rings. The molecule has 0 heterocycles. The van der Waals surface area contributed by atoms with E-state index in [1.807, 2.05) is 0 Å². The van der Waals surface area contributed by atoms with Gasteiger partial charge in [-0.05, 0) is 26.2 Å². The maximum atomic E-state index is 13.3. The van der Waals surface area contributed by atoms with E-state index in [1.54, 1.807) is 30.0 Å². The number of aliphatic hydroxyl groups excluding tert-OH is 1. The van der Waals surface area contributed by atoms with Gasteiger partial charge in [0.25, 0.3) is 0 Å². The van der Waals surface area contributed by atoms with Crippen molar-refractivity contribution in [1.82, 2.24) is 5.32 Å². The van der Waals surface area contributed by atoms with E-state index in [1.165, 1.54) is 6.07 Å². The molecule has 0 aliphatic carbocycles. The van der Waals surface area contributed by atoms with Crippen LogP contribution >= 0.6 is 11.8 Å². The third kappa shape index (κ3) is 6.70. The minimum absolute atomic E-state index is 0.147. The second kappa shape index (κ2) is 8.62. The highest BCUT2D eigenvalue weighted by Crippen LogP contribution is 2.19. The van der Waals surface area contributed by atoms with Crippen LogP contribution in [-0.4, -0.2) is 41.9 Å². The Bertz CT molecular complexity index is 401. The van der Waals surface area contributed by atoms with Crippen molar-refractivity contribution in [2.24, 2.45) is 0 Å². The number of rotatable bonds is 9. The highest BCUT2D eigenvalue weighted by atomic mass is 32.2. The lowest BCUT2D eigenvalue weighted by molar-refractivity contribution is 0.0278. The molecule has 0 aliphatic rings. The zero-order valence-electron chi connectivity index (χ0n) is 12.4. The Morgan fingerprint density at radius 3 is 2.75 bits per heavy atom. The van der Waals surface area contributed by atoms with E-state index in [4.69, 9.17) is 4.74 Å². The Morgan fingerprint density at radius 2 is 2.10 bits per heavy atom. The van der Waals surface area contributed by atoms with E-state index in [2.05, 4.69) is 25.4 Å². The van der Waals surface area contributed by atoms with Crippen LogP contribution in [0.5, 0.6) is 0 Å². The fourth-order valence-corrected chi connectivity index (χ4v) is 1.84. The Labute approximate surface area is 124 Å². The molecule has 0 bridgehead atoms. The number of halogens is 1. The first kappa shape index (κ1) is 17.4. The number of thioether (sulfide) groups is 1. The summed E-state index contributed by atoms with van der Waals surface area (Å²) in [5.41, 5.74) is 0.510. The molecule has 0 saturated heterocycles. The van der Waals surface area contributed by atoms with Crippen molar-refractivity contribution < 1.29 is 14.2 Å². The van der Waals surface area contributed by atoms with E-state index < -0.39 is 6.10 Å². The summed E-state index contributed by atoms with van der Waals surface area (Å²) in [4.78, 5) is 0. The van der Waals surface area contributed by atoms with Crippen molar-refractivity contribution in [3.05, 3.63) is 35.6 Å². The number of ether oxygens (including phenoxy) is 1. The lowest BCUT2D eigenvalue weighted by Crippen LogP contribution is -2.38. The predicted molar refractivity (Wildman–Crippen MR) is 82.5 cm³/mol. The average Bonchev–Trinajstić information content (AvgIpc) is 2.41. The molecule has 1 unspecified atom stereocenters. The second-order valence-electron chi connectivity index (χ2n) is 5.36. The SMILES string of the molecule is CSC(C)(C)CNCC(O)COCc1ccccc1F. The van der Waals surface area contributed by atoms with Crippen LogP contribution in [0, 0.1) is 5.82 Å². The first-order valence-corrected chi connectivity index (χ1v) is 7.92. The van der Waals surface area contributed by atoms with Gasteiger partial charge in [-0.2, -0.15) is 11.8 Å². The minimum Gasteiger partial charge on any atom is -0.389 e. The van der Waals surface area contributed by atoms with Crippen LogP contribution in [0.1, 0.15) is 19.4 Å². The van der Waals surface area contributed by atoms with E-state index in [-0.39, 0.29) is 23.8 Å². The molecule has 0 spiro atoms. The van der Waals surface area contributed by atoms with Gasteiger partial charge in [0.2, 0.25) is 0 Å². The lowest BCUT2D eigenvalue weighted by Gasteiger charge is -2.23. The summed E-state index contributed by atoms with van der Waals surface area (Å²) in [6.45, 7) is 5.96. The van der Waals surface area contributed by atoms with Crippen LogP contribution in [0.2, 0.25) is 0 Å². The van der Waals surface area contributed by atoms with Gasteiger partial charge >= 0.3 is 0 Å². The number of aliphatic hydroxyl groups is 1. The summed E-state index contributed by atoms with van der Waals surface area (Å²) in [7, 11) is 0. The molecule has 0 aromatic heterocycles. The fraction of sp³-hybridized carbons (Fsp3) is 0.600. The van der Waals surface area contributed by atoms with E-state index in [9.17, 15) is 9.50 Å². The minimum atomic E-state index is -0.584. The van der Waals surface area contributed by atoms with Crippen LogP contribution in [0.4, 0.5) is 4.39 Å². The predicted octanol–water partition coefficient (Wildman–Crippen LogP) is 2.43. The molecule has 2 N–H and O–H groups in total. The van der Waals surface area contributed by atoms with Crippen LogP contribution in [0.25, 0.3) is 0 Å². The van der Waals surface area contributed by atoms with Crippen LogP contribution in [0.3, 0.4) is 0 Å². The van der Waals surface area contributed by atoms with Crippen molar-refractivity contribution in [1.29, 1.82) is 0 Å². The standard InChI is InChI=1S/C15H24FNO2S/c1-15(2,20-3)11-17-8-13(18)10-19-9-12-6-4-5-7-14(12)16/h4-7,13,17-18H,8-11H2,1-3H3. The topological polar surface area (TPSA) is 41.5 Å². The first-order chi connectivity index (χ1) is 9.44. The van der Waals surface area contributed by atoms with Gasteiger partial charge in [0.15, 0.2) is 0 Å². The van der Waals surface area contributed by atoms with Gasteiger partial charge in [-0.15, -0.1) is 0 Å². The van der Waals surface area contributed by atoms with Crippen molar-refractivity contribution in [2.75, 3.05) is 26.0 Å². The van der Waals surface area contributed by atoms with Gasteiger partial charge in [-0.1, -0.05) is 18.2 Å². The molecule has 0 amide bonds. The zero-order valence-corrected chi connectivity index (χ0v) is 13.2. The number of benzene rings is 1. The van der Waals surface area contributed by atoms with E-state index in [0.717, 1.165) is 6.54 Å². The third-order valence-electron chi connectivity index (χ3n) is 3.01. The third-order valence-corrected chi connectivity index (χ3v) is 4.26. The average molecular weight is 301 g/mol. The first-order valence-electron chi connectivity index (χ1n) is 6.69. The quantitative estimate of drug-likeness (QED) is 0.735. The van der Waals surface area contributed by atoms with Gasteiger partial charge in [0.1, 0.15) is 5.82 Å². The Balaban J connectivity index is 2.18. The van der Waals surface area contributed by atoms with Crippen LogP contribution in [-0.2, 0) is 11.3 Å². The number of hydrogen-bond donors (Lipinski definition) is 2. The number of hydrogen-bond acceptors (Lipinski definition) is 4. The monoisotopic (exact) mass is 301 g/mol. The van der Waals surface area contributed by atoms with Crippen LogP contribution < -0.4 is 5.32 Å². The summed E-state index contributed by atoms with van der Waals surface area (Å²) >= 11 is 1.78. The zero-order chi connectivity index (χ0) is 15.0. The molecule has 0 radical (unpaired) electrons. The Morgan fingerprint density at radius 1 is 1.40 bits per heavy atom. The highest BCUT2D eigenvalue weighted by Gasteiger charge is 2.15. The molecule has 0 aliphatic heterocycles. The van der Waals surface area contributed by atoms with Gasteiger partial charge in [-0.3, -0.25) is 0 Å². The second-order valence-corrected chi connectivity index (χ2v) is 6.87. The summed E-state index contributed by atoms with van der Waals surface area (Å²) < 4.78 is 18.8. The molecule has 1 atom stereocenters. The molecule has 1 aromatic rings. The largest absolute Gasteiger partial charge is 0.389 e. The summed E-state index contributed by atoms with van der Waals surface area (Å²) in [5, 5.41) is 13.0. The van der Waals surface area contributed by atoms with E-state index >= 15 is 0 Å². The molecule has 1 rings (SSSR count). The van der Waals surface area contributed by atoms with E-state index in [0.29, 0.717) is 12.1 Å². The molecular weight excluding hydrogens is 277 g/mol. The van der Waals surface area contributed by atoms with Crippen molar-refractivity contribution in [3.63, 3.8) is 0 Å². The molecule has 114 valence electrons. The highest BCUT2D eigenvalue weighted by molar-refractivity contribution is 7.99. The van der Waals surface area contributed by atoms with Crippen molar-refractivity contribution in [2.45, 2.75) is 31.3 Å². The molecule has 3 nitrogen and oxygen atoms in total. The molecule has 5 heteroatoms. The number of nitrogens with one attached hydrogen (secondary N) is 1. The lowest BCUT2D eigenvalue weighted by atomic mass is 10.2. The van der Waals surface area contributed by atoms with Crippen molar-refractivity contribution >= 4 is 11.8 Å². The Kier molecular flexibility index (Phi) is 7.51. The van der Waals surface area contributed by atoms with Crippen molar-refractivity contribution in [3.8, 4) is 0 Å². The normalized spacial score (nSPS) is 13.4. The molecule has 1 aromatic carbocycles. The van der Waals surface area contributed by atoms with Gasteiger partial charge in [-0.25, -0.2) is 4.39 Å². The maximum Gasteiger partial charge on any atom is 0.128 e. The Hall–Kier alpha value is -0.620. The molecule has 0 saturated carbocycles.